The van der Waals surface area contributed by atoms with Crippen molar-refractivity contribution in [3.05, 3.63) is 81.9 Å². The van der Waals surface area contributed by atoms with Gasteiger partial charge in [-0.3, -0.25) is 0 Å². The Balaban J connectivity index is 1.57. The molecule has 0 aliphatic carbocycles. The van der Waals surface area contributed by atoms with E-state index in [9.17, 15) is 13.5 Å². The minimum atomic E-state index is -3.74. The number of nitrogens with zero attached hydrogens (tertiary/aromatic N) is 1. The summed E-state index contributed by atoms with van der Waals surface area (Å²) in [5.41, 5.74) is 0.480. The van der Waals surface area contributed by atoms with Crippen molar-refractivity contribution in [1.29, 1.82) is 0 Å². The van der Waals surface area contributed by atoms with E-state index in [1.54, 1.807) is 24.3 Å². The number of hydrogen-bond acceptors (Lipinski definition) is 4. The van der Waals surface area contributed by atoms with Crippen LogP contribution in [0.25, 0.3) is 0 Å². The number of hydrogen-bond donors (Lipinski definition) is 1. The molecule has 158 valence electrons. The first-order chi connectivity index (χ1) is 14.3. The first-order valence-corrected chi connectivity index (χ1v) is 12.1. The summed E-state index contributed by atoms with van der Waals surface area (Å²) >= 11 is 12.2. The molecule has 2 aromatic rings. The van der Waals surface area contributed by atoms with Gasteiger partial charge in [0.1, 0.15) is 17.0 Å². The third-order valence-electron chi connectivity index (χ3n) is 6.37. The Labute approximate surface area is 185 Å². The normalized spacial score (nSPS) is 34.2. The molecule has 0 saturated carbocycles. The van der Waals surface area contributed by atoms with Gasteiger partial charge in [0, 0.05) is 6.54 Å². The fourth-order valence-electron chi connectivity index (χ4n) is 4.92. The Bertz CT molecular complexity index is 1110. The molecule has 3 aliphatic rings. The van der Waals surface area contributed by atoms with Crippen molar-refractivity contribution in [3.8, 4) is 0 Å². The maximum absolute atomic E-state index is 13.7. The minimum absolute atomic E-state index is 0.106. The highest BCUT2D eigenvalue weighted by Gasteiger charge is 2.66. The molecule has 0 unspecified atom stereocenters. The van der Waals surface area contributed by atoms with Gasteiger partial charge >= 0.3 is 0 Å². The lowest BCUT2D eigenvalue weighted by atomic mass is 9.83. The summed E-state index contributed by atoms with van der Waals surface area (Å²) in [5.74, 6) is 0. The highest BCUT2D eigenvalue weighted by molar-refractivity contribution is 7.89. The standard InChI is InChI=1S/C22H21Cl2NO4S/c23-17-7-6-15(10-18(17)24)13-25-19(11-14-4-2-1-3-5-14)21(26)22-9-8-16(29-22)12-20(22)30(25,27)28/h1-10,16,19-21,26H,11-13H2/t16-,19+,20-,21-,22+/m0/s1. The molecule has 5 rings (SSSR count). The van der Waals surface area contributed by atoms with E-state index in [0.29, 0.717) is 28.5 Å². The quantitative estimate of drug-likeness (QED) is 0.700. The molecule has 1 spiro atoms. The molecule has 0 aromatic heterocycles. The van der Waals surface area contributed by atoms with Gasteiger partial charge < -0.3 is 9.84 Å². The fourth-order valence-corrected chi connectivity index (χ4v) is 7.64. The largest absolute Gasteiger partial charge is 0.388 e. The van der Waals surface area contributed by atoms with E-state index in [1.807, 2.05) is 36.4 Å². The van der Waals surface area contributed by atoms with Crippen molar-refractivity contribution >= 4 is 33.2 Å². The highest BCUT2D eigenvalue weighted by Crippen LogP contribution is 2.50. The van der Waals surface area contributed by atoms with E-state index in [1.165, 1.54) is 4.31 Å². The number of fused-ring (bicyclic) bond motifs is 1. The van der Waals surface area contributed by atoms with Crippen LogP contribution >= 0.6 is 23.2 Å². The lowest BCUT2D eigenvalue weighted by molar-refractivity contribution is -0.0939. The third-order valence-corrected chi connectivity index (χ3v) is 9.44. The molecule has 0 amide bonds. The smallest absolute Gasteiger partial charge is 0.221 e. The van der Waals surface area contributed by atoms with Crippen molar-refractivity contribution < 1.29 is 18.3 Å². The maximum atomic E-state index is 13.7. The van der Waals surface area contributed by atoms with Crippen LogP contribution in [0.1, 0.15) is 17.5 Å². The van der Waals surface area contributed by atoms with Crippen LogP contribution in [0.15, 0.2) is 60.7 Å². The molecule has 8 heteroatoms. The van der Waals surface area contributed by atoms with Crippen LogP contribution in [-0.4, -0.2) is 46.9 Å². The number of halogens is 2. The van der Waals surface area contributed by atoms with Crippen LogP contribution in [-0.2, 0) is 27.7 Å². The van der Waals surface area contributed by atoms with Crippen LogP contribution in [0.2, 0.25) is 10.0 Å². The molecular formula is C22H21Cl2NO4S. The van der Waals surface area contributed by atoms with E-state index in [0.717, 1.165) is 5.56 Å². The number of aliphatic hydroxyl groups is 1. The summed E-state index contributed by atoms with van der Waals surface area (Å²) in [5, 5.41) is 11.4. The SMILES string of the molecule is O=S1(=O)[C@H]2C[C@@H]3C=C[C@]2(O3)[C@@H](O)[C@@H](Cc2ccccc2)N1Cc1ccc(Cl)c(Cl)c1. The van der Waals surface area contributed by atoms with Crippen LogP contribution in [0.4, 0.5) is 0 Å². The topological polar surface area (TPSA) is 66.8 Å². The summed E-state index contributed by atoms with van der Waals surface area (Å²) in [6.07, 6.45) is 3.08. The van der Waals surface area contributed by atoms with E-state index in [-0.39, 0.29) is 12.6 Å². The highest BCUT2D eigenvalue weighted by atomic mass is 35.5. The van der Waals surface area contributed by atoms with E-state index in [4.69, 9.17) is 27.9 Å². The Morgan fingerprint density at radius 1 is 1.10 bits per heavy atom. The molecule has 5 nitrogen and oxygen atoms in total. The summed E-state index contributed by atoms with van der Waals surface area (Å²) < 4.78 is 34.9. The third kappa shape index (κ3) is 3.13. The van der Waals surface area contributed by atoms with Crippen LogP contribution in [0.5, 0.6) is 0 Å². The lowest BCUT2D eigenvalue weighted by Crippen LogP contribution is -2.68. The number of sulfonamides is 1. The Kier molecular flexibility index (Phi) is 5.01. The molecule has 5 atom stereocenters. The van der Waals surface area contributed by atoms with Crippen molar-refractivity contribution in [2.24, 2.45) is 0 Å². The average molecular weight is 466 g/mol. The fraction of sp³-hybridized carbons (Fsp3) is 0.364. The molecule has 2 saturated heterocycles. The van der Waals surface area contributed by atoms with E-state index < -0.39 is 33.0 Å². The lowest BCUT2D eigenvalue weighted by Gasteiger charge is -2.49. The Hall–Kier alpha value is -1.41. The molecule has 30 heavy (non-hydrogen) atoms. The predicted molar refractivity (Wildman–Crippen MR) is 116 cm³/mol. The number of rotatable bonds is 4. The van der Waals surface area contributed by atoms with Crippen molar-refractivity contribution in [2.45, 2.75) is 48.5 Å². The molecule has 3 heterocycles. The summed E-state index contributed by atoms with van der Waals surface area (Å²) in [6.45, 7) is 0.106. The van der Waals surface area contributed by atoms with Crippen molar-refractivity contribution in [2.75, 3.05) is 0 Å². The Morgan fingerprint density at radius 2 is 1.87 bits per heavy atom. The number of aliphatic hydroxyl groups excluding tert-OH is 1. The number of benzene rings is 2. The van der Waals surface area contributed by atoms with Gasteiger partial charge in [0.15, 0.2) is 0 Å². The van der Waals surface area contributed by atoms with Gasteiger partial charge in [-0.2, -0.15) is 4.31 Å². The first kappa shape index (κ1) is 20.5. The van der Waals surface area contributed by atoms with Gasteiger partial charge in [0.25, 0.3) is 0 Å². The van der Waals surface area contributed by atoms with Gasteiger partial charge in [-0.25, -0.2) is 8.42 Å². The first-order valence-electron chi connectivity index (χ1n) is 9.85. The second-order valence-electron chi connectivity index (χ2n) is 8.13. The van der Waals surface area contributed by atoms with Gasteiger partial charge in [-0.1, -0.05) is 71.8 Å². The Morgan fingerprint density at radius 3 is 2.57 bits per heavy atom. The molecule has 2 fully saturated rings. The second-order valence-corrected chi connectivity index (χ2v) is 11.0. The molecule has 1 N–H and O–H groups in total. The van der Waals surface area contributed by atoms with E-state index >= 15 is 0 Å². The monoisotopic (exact) mass is 465 g/mol. The second kappa shape index (κ2) is 7.33. The zero-order chi connectivity index (χ0) is 21.1. The van der Waals surface area contributed by atoms with Crippen LogP contribution in [0, 0.1) is 0 Å². The number of ether oxygens (including phenoxy) is 1. The van der Waals surface area contributed by atoms with Crippen molar-refractivity contribution in [1.82, 2.24) is 4.31 Å². The van der Waals surface area contributed by atoms with Crippen molar-refractivity contribution in [3.63, 3.8) is 0 Å². The summed E-state index contributed by atoms with van der Waals surface area (Å²) in [6, 6.07) is 14.0. The zero-order valence-corrected chi connectivity index (χ0v) is 18.3. The molecule has 3 aliphatic heterocycles. The van der Waals surface area contributed by atoms with Crippen LogP contribution < -0.4 is 0 Å². The summed E-state index contributed by atoms with van der Waals surface area (Å²) in [4.78, 5) is 0. The maximum Gasteiger partial charge on any atom is 0.221 e. The molecule has 0 radical (unpaired) electrons. The van der Waals surface area contributed by atoms with Gasteiger partial charge in [0.05, 0.1) is 22.2 Å². The van der Waals surface area contributed by atoms with Gasteiger partial charge in [-0.05, 0) is 36.1 Å². The molecule has 2 bridgehead atoms. The van der Waals surface area contributed by atoms with E-state index in [2.05, 4.69) is 0 Å². The summed E-state index contributed by atoms with van der Waals surface area (Å²) in [7, 11) is -3.74. The van der Waals surface area contributed by atoms with Gasteiger partial charge in [0.2, 0.25) is 10.0 Å². The van der Waals surface area contributed by atoms with Gasteiger partial charge in [-0.15, -0.1) is 0 Å². The molecular weight excluding hydrogens is 445 g/mol. The minimum Gasteiger partial charge on any atom is -0.388 e. The predicted octanol–water partition coefficient (Wildman–Crippen LogP) is 3.58. The molecule has 2 aromatic carbocycles. The van der Waals surface area contributed by atoms with Crippen LogP contribution in [0.3, 0.4) is 0 Å². The average Bonchev–Trinajstić information content (AvgIpc) is 3.33. The zero-order valence-electron chi connectivity index (χ0n) is 16.0.